The minimum Gasteiger partial charge on any atom is -0.390 e. The van der Waals surface area contributed by atoms with Crippen molar-refractivity contribution in [2.75, 3.05) is 18.0 Å². The quantitative estimate of drug-likeness (QED) is 0.456. The van der Waals surface area contributed by atoms with Gasteiger partial charge in [0.05, 0.1) is 27.8 Å². The zero-order valence-corrected chi connectivity index (χ0v) is 22.2. The minimum atomic E-state index is -4.08. The van der Waals surface area contributed by atoms with Gasteiger partial charge in [0.2, 0.25) is 10.0 Å². The fourth-order valence-corrected chi connectivity index (χ4v) is 6.96. The molecule has 14 heteroatoms. The highest BCUT2D eigenvalue weighted by atomic mass is 32.2. The molecule has 1 saturated heterocycles. The summed E-state index contributed by atoms with van der Waals surface area (Å²) in [6, 6.07) is 5.06. The Labute approximate surface area is 217 Å². The van der Waals surface area contributed by atoms with E-state index in [1.54, 1.807) is 31.6 Å². The second-order valence-electron chi connectivity index (χ2n) is 10.3. The molecule has 0 atom stereocenters. The van der Waals surface area contributed by atoms with Gasteiger partial charge >= 0.3 is 0 Å². The van der Waals surface area contributed by atoms with E-state index in [4.69, 9.17) is 0 Å². The number of benzene rings is 1. The number of piperidine rings is 1. The number of aliphatic hydroxyl groups is 1. The first-order valence-corrected chi connectivity index (χ1v) is 14.2. The Morgan fingerprint density at radius 1 is 1.27 bits per heavy atom. The fourth-order valence-electron chi connectivity index (χ4n) is 4.85. The van der Waals surface area contributed by atoms with E-state index in [0.29, 0.717) is 66.7 Å². The number of nitrogens with one attached hydrogen (secondary N) is 1. The number of sulfonamides is 1. The van der Waals surface area contributed by atoms with Crippen LogP contribution in [0.15, 0.2) is 17.0 Å². The number of aromatic nitrogens is 4. The van der Waals surface area contributed by atoms with Gasteiger partial charge in [0.1, 0.15) is 11.2 Å². The van der Waals surface area contributed by atoms with Gasteiger partial charge in [-0.1, -0.05) is 11.3 Å². The van der Waals surface area contributed by atoms with Crippen molar-refractivity contribution >= 4 is 38.0 Å². The van der Waals surface area contributed by atoms with Crippen molar-refractivity contribution in [3.63, 3.8) is 0 Å². The molecule has 37 heavy (non-hydrogen) atoms. The van der Waals surface area contributed by atoms with E-state index in [9.17, 15) is 27.6 Å². The first kappa shape index (κ1) is 25.9. The lowest BCUT2D eigenvalue weighted by Gasteiger charge is -2.39. The molecule has 1 saturated carbocycles. The predicted octanol–water partition coefficient (Wildman–Crippen LogP) is 3.35. The van der Waals surface area contributed by atoms with Gasteiger partial charge in [-0.25, -0.2) is 17.2 Å². The van der Waals surface area contributed by atoms with Crippen LogP contribution in [0.2, 0.25) is 0 Å². The van der Waals surface area contributed by atoms with Gasteiger partial charge < -0.3 is 10.0 Å². The second-order valence-corrected chi connectivity index (χ2v) is 13.0. The van der Waals surface area contributed by atoms with Crippen LogP contribution >= 0.6 is 11.3 Å². The highest BCUT2D eigenvalue weighted by molar-refractivity contribution is 7.89. The summed E-state index contributed by atoms with van der Waals surface area (Å²) in [5.74, 6) is 0.0921. The highest BCUT2D eigenvalue weighted by Gasteiger charge is 2.47. The van der Waals surface area contributed by atoms with Crippen molar-refractivity contribution in [2.24, 2.45) is 13.0 Å². The van der Waals surface area contributed by atoms with Gasteiger partial charge in [0, 0.05) is 25.5 Å². The van der Waals surface area contributed by atoms with E-state index in [1.807, 2.05) is 6.07 Å². The van der Waals surface area contributed by atoms with Crippen LogP contribution in [-0.2, 0) is 17.1 Å². The zero-order valence-electron chi connectivity index (χ0n) is 20.6. The SMILES string of the molecule is Cn1nc(-c2nnc(C(F)F)s2)c2cc(S(=O)(=O)NC3(C#N)CC3)cc(N3CCC(C(C)(C)O)CC3)c21. The molecule has 1 aromatic carbocycles. The molecule has 1 aliphatic heterocycles. The maximum absolute atomic E-state index is 13.4. The fraction of sp³-hybridized carbons (Fsp3) is 0.565. The molecule has 0 radical (unpaired) electrons. The van der Waals surface area contributed by atoms with E-state index < -0.39 is 32.6 Å². The topological polar surface area (TPSA) is 137 Å². The lowest BCUT2D eigenvalue weighted by atomic mass is 9.83. The van der Waals surface area contributed by atoms with Crippen LogP contribution in [0.4, 0.5) is 14.5 Å². The van der Waals surface area contributed by atoms with E-state index >= 15 is 0 Å². The van der Waals surface area contributed by atoms with E-state index in [0.717, 1.165) is 0 Å². The minimum absolute atomic E-state index is 0.0472. The van der Waals surface area contributed by atoms with Crippen molar-refractivity contribution < 1.29 is 22.3 Å². The molecule has 2 N–H and O–H groups in total. The van der Waals surface area contributed by atoms with Crippen LogP contribution in [-0.4, -0.2) is 57.7 Å². The van der Waals surface area contributed by atoms with Crippen molar-refractivity contribution in [3.05, 3.63) is 17.1 Å². The van der Waals surface area contributed by atoms with Crippen LogP contribution in [0.5, 0.6) is 0 Å². The second kappa shape index (κ2) is 8.93. The Hall–Kier alpha value is -2.73. The molecule has 0 amide bonds. The maximum Gasteiger partial charge on any atom is 0.291 e. The van der Waals surface area contributed by atoms with Crippen LogP contribution in [0.3, 0.4) is 0 Å². The molecule has 1 aliphatic carbocycles. The summed E-state index contributed by atoms with van der Waals surface area (Å²) in [5.41, 5.74) is -0.429. The molecule has 5 rings (SSSR count). The Kier molecular flexibility index (Phi) is 6.25. The van der Waals surface area contributed by atoms with Gasteiger partial charge in [0.15, 0.2) is 10.0 Å². The summed E-state index contributed by atoms with van der Waals surface area (Å²) in [4.78, 5) is 2.01. The average molecular weight is 552 g/mol. The van der Waals surface area contributed by atoms with Crippen molar-refractivity contribution in [3.8, 4) is 16.8 Å². The Morgan fingerprint density at radius 2 is 1.95 bits per heavy atom. The van der Waals surface area contributed by atoms with Gasteiger partial charge in [-0.05, 0) is 57.6 Å². The number of alkyl halides is 2. The van der Waals surface area contributed by atoms with Gasteiger partial charge in [-0.3, -0.25) is 4.68 Å². The molecule has 2 fully saturated rings. The molecule has 3 aromatic rings. The van der Waals surface area contributed by atoms with Crippen LogP contribution in [0.1, 0.15) is 51.0 Å². The number of nitriles is 1. The van der Waals surface area contributed by atoms with Crippen molar-refractivity contribution in [2.45, 2.75) is 62.0 Å². The van der Waals surface area contributed by atoms with Gasteiger partial charge in [-0.2, -0.15) is 15.1 Å². The lowest BCUT2D eigenvalue weighted by molar-refractivity contribution is 0.00653. The summed E-state index contributed by atoms with van der Waals surface area (Å²) in [6.07, 6.45) is -0.508. The number of anilines is 1. The first-order valence-electron chi connectivity index (χ1n) is 11.9. The van der Waals surface area contributed by atoms with Gasteiger partial charge in [0.25, 0.3) is 6.43 Å². The predicted molar refractivity (Wildman–Crippen MR) is 134 cm³/mol. The Morgan fingerprint density at radius 3 is 2.49 bits per heavy atom. The number of hydrogen-bond donors (Lipinski definition) is 2. The van der Waals surface area contributed by atoms with Crippen LogP contribution in [0.25, 0.3) is 21.6 Å². The normalized spacial score (nSPS) is 18.5. The van der Waals surface area contributed by atoms with Crippen LogP contribution in [0, 0.1) is 17.2 Å². The number of aryl methyl sites for hydroxylation is 1. The zero-order chi connectivity index (χ0) is 26.8. The number of nitrogens with zero attached hydrogens (tertiary/aromatic N) is 6. The summed E-state index contributed by atoms with van der Waals surface area (Å²) in [7, 11) is -2.38. The molecule has 0 unspecified atom stereocenters. The smallest absolute Gasteiger partial charge is 0.291 e. The monoisotopic (exact) mass is 551 g/mol. The number of fused-ring (bicyclic) bond motifs is 1. The maximum atomic E-state index is 13.4. The van der Waals surface area contributed by atoms with E-state index in [2.05, 4.69) is 24.9 Å². The molecule has 2 aromatic heterocycles. The molecule has 0 bridgehead atoms. The lowest BCUT2D eigenvalue weighted by Crippen LogP contribution is -2.42. The number of rotatable bonds is 7. The summed E-state index contributed by atoms with van der Waals surface area (Å²) < 4.78 is 57.3. The van der Waals surface area contributed by atoms with Crippen molar-refractivity contribution in [1.29, 1.82) is 5.26 Å². The summed E-state index contributed by atoms with van der Waals surface area (Å²) >= 11 is 0.706. The molecule has 198 valence electrons. The molecule has 3 heterocycles. The van der Waals surface area contributed by atoms with E-state index in [-0.39, 0.29) is 21.5 Å². The molecular weight excluding hydrogens is 524 g/mol. The third-order valence-corrected chi connectivity index (χ3v) is 9.61. The Balaban J connectivity index is 1.64. The van der Waals surface area contributed by atoms with E-state index in [1.165, 1.54) is 6.07 Å². The molecule has 10 nitrogen and oxygen atoms in total. The average Bonchev–Trinajstić information content (AvgIpc) is 3.27. The number of halogens is 2. The van der Waals surface area contributed by atoms with Crippen LogP contribution < -0.4 is 9.62 Å². The third kappa shape index (κ3) is 4.81. The highest BCUT2D eigenvalue weighted by Crippen LogP contribution is 2.41. The van der Waals surface area contributed by atoms with Crippen molar-refractivity contribution in [1.82, 2.24) is 24.7 Å². The largest absolute Gasteiger partial charge is 0.390 e. The molecular formula is C23H27F2N7O3S2. The third-order valence-electron chi connectivity index (χ3n) is 7.16. The molecule has 0 spiro atoms. The standard InChI is InChI=1S/C23H27F2N7O3S2/c1-22(2,33)13-4-8-32(9-5-13)16-11-14(37(34,35)30-23(12-26)6-7-23)10-15-17(29-31(3)18(15)16)20-27-28-21(36-20)19(24)25/h10-11,13,19,30,33H,4-9H2,1-3H3. The Bertz CT molecular complexity index is 1490. The van der Waals surface area contributed by atoms with Gasteiger partial charge in [-0.15, -0.1) is 10.2 Å². The summed E-state index contributed by atoms with van der Waals surface area (Å²) in [6.45, 7) is 4.74. The first-order chi connectivity index (χ1) is 17.3. The number of hydrogen-bond acceptors (Lipinski definition) is 9. The summed E-state index contributed by atoms with van der Waals surface area (Å²) in [5, 5.41) is 32.0. The molecule has 2 aliphatic rings.